The number of aryl methyl sites for hydroxylation is 1. The topological polar surface area (TPSA) is 12.0 Å². The van der Waals surface area contributed by atoms with Crippen molar-refractivity contribution in [2.45, 2.75) is 19.9 Å². The Hall–Kier alpha value is -0.730. The Morgan fingerprint density at radius 3 is 2.35 bits per heavy atom. The highest BCUT2D eigenvalue weighted by Crippen LogP contribution is 2.32. The SMILES string of the molecule is CCNC(c1cc(C)cc(Cl)c1)c1ccc(Cl)cc1Cl. The summed E-state index contributed by atoms with van der Waals surface area (Å²) in [6.45, 7) is 4.92. The molecule has 2 aromatic rings. The van der Waals surface area contributed by atoms with Crippen LogP contribution in [0.2, 0.25) is 15.1 Å². The fraction of sp³-hybridized carbons (Fsp3) is 0.250. The van der Waals surface area contributed by atoms with Gasteiger partial charge in [-0.1, -0.05) is 53.9 Å². The van der Waals surface area contributed by atoms with Gasteiger partial charge in [0.25, 0.3) is 0 Å². The molecule has 0 aliphatic heterocycles. The van der Waals surface area contributed by atoms with Crippen LogP contribution in [-0.2, 0) is 0 Å². The van der Waals surface area contributed by atoms with Crippen LogP contribution in [0.3, 0.4) is 0 Å². The summed E-state index contributed by atoms with van der Waals surface area (Å²) in [5.41, 5.74) is 3.22. The maximum atomic E-state index is 6.33. The molecular formula is C16H16Cl3N. The zero-order chi connectivity index (χ0) is 14.7. The lowest BCUT2D eigenvalue weighted by atomic mass is 9.97. The number of rotatable bonds is 4. The minimum atomic E-state index is 0.00201. The number of benzene rings is 2. The maximum absolute atomic E-state index is 6.33. The third kappa shape index (κ3) is 3.67. The van der Waals surface area contributed by atoms with E-state index in [4.69, 9.17) is 34.8 Å². The van der Waals surface area contributed by atoms with Crippen molar-refractivity contribution in [3.05, 3.63) is 68.2 Å². The van der Waals surface area contributed by atoms with E-state index in [9.17, 15) is 0 Å². The molecule has 1 nitrogen and oxygen atoms in total. The first-order valence-electron chi connectivity index (χ1n) is 6.46. The van der Waals surface area contributed by atoms with Gasteiger partial charge in [-0.05, 0) is 54.4 Å². The molecule has 106 valence electrons. The van der Waals surface area contributed by atoms with Gasteiger partial charge in [0, 0.05) is 15.1 Å². The molecule has 20 heavy (non-hydrogen) atoms. The maximum Gasteiger partial charge on any atom is 0.0592 e. The molecule has 0 spiro atoms. The smallest absolute Gasteiger partial charge is 0.0592 e. The molecule has 0 bridgehead atoms. The van der Waals surface area contributed by atoms with Crippen molar-refractivity contribution in [1.82, 2.24) is 5.32 Å². The van der Waals surface area contributed by atoms with Gasteiger partial charge in [-0.3, -0.25) is 0 Å². The van der Waals surface area contributed by atoms with E-state index in [1.54, 1.807) is 6.07 Å². The number of halogens is 3. The number of hydrogen-bond donors (Lipinski definition) is 1. The highest BCUT2D eigenvalue weighted by Gasteiger charge is 2.17. The number of nitrogens with one attached hydrogen (secondary N) is 1. The molecule has 2 rings (SSSR count). The first-order valence-corrected chi connectivity index (χ1v) is 7.60. The zero-order valence-corrected chi connectivity index (χ0v) is 13.7. The molecule has 4 heteroatoms. The first-order chi connectivity index (χ1) is 9.51. The van der Waals surface area contributed by atoms with Crippen molar-refractivity contribution in [3.8, 4) is 0 Å². The fourth-order valence-corrected chi connectivity index (χ4v) is 3.09. The highest BCUT2D eigenvalue weighted by atomic mass is 35.5. The molecule has 0 aromatic heterocycles. The predicted octanol–water partition coefficient (Wildman–Crippen LogP) is 5.65. The van der Waals surface area contributed by atoms with Crippen LogP contribution < -0.4 is 5.32 Å². The molecule has 0 heterocycles. The van der Waals surface area contributed by atoms with E-state index in [0.717, 1.165) is 28.3 Å². The lowest BCUT2D eigenvalue weighted by molar-refractivity contribution is 0.630. The molecule has 0 aliphatic carbocycles. The third-order valence-electron chi connectivity index (χ3n) is 3.08. The van der Waals surface area contributed by atoms with Gasteiger partial charge in [0.1, 0.15) is 0 Å². The average molecular weight is 329 g/mol. The molecule has 0 fully saturated rings. The third-order valence-corrected chi connectivity index (χ3v) is 3.86. The van der Waals surface area contributed by atoms with Crippen LogP contribution in [0.25, 0.3) is 0 Å². The van der Waals surface area contributed by atoms with Crippen molar-refractivity contribution < 1.29 is 0 Å². The highest BCUT2D eigenvalue weighted by molar-refractivity contribution is 6.35. The van der Waals surface area contributed by atoms with E-state index >= 15 is 0 Å². The van der Waals surface area contributed by atoms with E-state index in [2.05, 4.69) is 18.3 Å². The molecule has 0 saturated carbocycles. The lowest BCUT2D eigenvalue weighted by Crippen LogP contribution is -2.22. The van der Waals surface area contributed by atoms with Gasteiger partial charge < -0.3 is 5.32 Å². The summed E-state index contributed by atoms with van der Waals surface area (Å²) in [5.74, 6) is 0. The molecule has 1 N–H and O–H groups in total. The van der Waals surface area contributed by atoms with Gasteiger partial charge in [-0.2, -0.15) is 0 Å². The van der Waals surface area contributed by atoms with Gasteiger partial charge in [-0.25, -0.2) is 0 Å². The molecule has 0 radical (unpaired) electrons. The minimum absolute atomic E-state index is 0.00201. The molecule has 0 aliphatic rings. The van der Waals surface area contributed by atoms with Crippen LogP contribution in [0.5, 0.6) is 0 Å². The second-order valence-electron chi connectivity index (χ2n) is 4.72. The lowest BCUT2D eigenvalue weighted by Gasteiger charge is -2.21. The van der Waals surface area contributed by atoms with Crippen LogP contribution in [0, 0.1) is 6.92 Å². The second-order valence-corrected chi connectivity index (χ2v) is 6.00. The first kappa shape index (κ1) is 15.7. The van der Waals surface area contributed by atoms with Crippen LogP contribution in [0.15, 0.2) is 36.4 Å². The van der Waals surface area contributed by atoms with Crippen LogP contribution in [-0.4, -0.2) is 6.54 Å². The Kier molecular flexibility index (Phi) is 5.34. The molecule has 0 amide bonds. The summed E-state index contributed by atoms with van der Waals surface area (Å²) < 4.78 is 0. The van der Waals surface area contributed by atoms with Gasteiger partial charge in [-0.15, -0.1) is 0 Å². The fourth-order valence-electron chi connectivity index (χ4n) is 2.28. The van der Waals surface area contributed by atoms with E-state index in [1.807, 2.05) is 31.2 Å². The summed E-state index contributed by atoms with van der Waals surface area (Å²) >= 11 is 18.5. The Morgan fingerprint density at radius 1 is 1.00 bits per heavy atom. The second kappa shape index (κ2) is 6.82. The molecule has 2 aromatic carbocycles. The average Bonchev–Trinajstić information content (AvgIpc) is 2.35. The summed E-state index contributed by atoms with van der Waals surface area (Å²) in [6.07, 6.45) is 0. The van der Waals surface area contributed by atoms with E-state index in [1.165, 1.54) is 0 Å². The molecule has 0 saturated heterocycles. The molecule has 1 atom stereocenters. The minimum Gasteiger partial charge on any atom is -0.306 e. The van der Waals surface area contributed by atoms with E-state index < -0.39 is 0 Å². The van der Waals surface area contributed by atoms with Gasteiger partial charge in [0.2, 0.25) is 0 Å². The quantitative estimate of drug-likeness (QED) is 0.764. The Morgan fingerprint density at radius 2 is 1.75 bits per heavy atom. The molecule has 1 unspecified atom stereocenters. The van der Waals surface area contributed by atoms with Gasteiger partial charge in [0.05, 0.1) is 6.04 Å². The van der Waals surface area contributed by atoms with Gasteiger partial charge in [0.15, 0.2) is 0 Å². The van der Waals surface area contributed by atoms with Crippen molar-refractivity contribution in [2.75, 3.05) is 6.54 Å². The number of hydrogen-bond acceptors (Lipinski definition) is 1. The molecular weight excluding hydrogens is 313 g/mol. The normalized spacial score (nSPS) is 12.4. The van der Waals surface area contributed by atoms with Crippen LogP contribution in [0.1, 0.15) is 29.7 Å². The zero-order valence-electron chi connectivity index (χ0n) is 11.4. The van der Waals surface area contributed by atoms with Crippen LogP contribution >= 0.6 is 34.8 Å². The summed E-state index contributed by atoms with van der Waals surface area (Å²) in [5, 5.41) is 5.46. The van der Waals surface area contributed by atoms with E-state index in [-0.39, 0.29) is 6.04 Å². The summed E-state index contributed by atoms with van der Waals surface area (Å²) in [4.78, 5) is 0. The summed E-state index contributed by atoms with van der Waals surface area (Å²) in [6, 6.07) is 11.6. The van der Waals surface area contributed by atoms with Crippen molar-refractivity contribution >= 4 is 34.8 Å². The Balaban J connectivity index is 2.49. The summed E-state index contributed by atoms with van der Waals surface area (Å²) in [7, 11) is 0. The standard InChI is InChI=1S/C16H16Cl3N/c1-3-20-16(11-6-10(2)7-13(18)8-11)14-5-4-12(17)9-15(14)19/h4-9,16,20H,3H2,1-2H3. The largest absolute Gasteiger partial charge is 0.306 e. The monoisotopic (exact) mass is 327 g/mol. The van der Waals surface area contributed by atoms with Crippen LogP contribution in [0.4, 0.5) is 0 Å². The Labute approximate surface area is 134 Å². The van der Waals surface area contributed by atoms with Crippen molar-refractivity contribution in [1.29, 1.82) is 0 Å². The van der Waals surface area contributed by atoms with Crippen molar-refractivity contribution in [2.24, 2.45) is 0 Å². The predicted molar refractivity (Wildman–Crippen MR) is 88.2 cm³/mol. The van der Waals surface area contributed by atoms with Crippen molar-refractivity contribution in [3.63, 3.8) is 0 Å². The van der Waals surface area contributed by atoms with E-state index in [0.29, 0.717) is 10.0 Å². The van der Waals surface area contributed by atoms with Gasteiger partial charge >= 0.3 is 0 Å². The Bertz CT molecular complexity index is 590.